The minimum atomic E-state index is 0.00944. The third-order valence-electron chi connectivity index (χ3n) is 3.76. The number of rotatable bonds is 7. The average molecular weight is 390 g/mol. The van der Waals surface area contributed by atoms with Crippen molar-refractivity contribution in [1.29, 1.82) is 0 Å². The van der Waals surface area contributed by atoms with Crippen molar-refractivity contribution < 1.29 is 9.53 Å². The van der Waals surface area contributed by atoms with Crippen LogP contribution >= 0.6 is 23.1 Å². The van der Waals surface area contributed by atoms with Gasteiger partial charge in [0.25, 0.3) is 0 Å². The lowest BCUT2D eigenvalue weighted by molar-refractivity contribution is -0.127. The van der Waals surface area contributed by atoms with E-state index in [4.69, 9.17) is 10.6 Å². The molecule has 3 rings (SSSR count). The van der Waals surface area contributed by atoms with E-state index in [1.165, 1.54) is 16.4 Å². The second-order valence-electron chi connectivity index (χ2n) is 5.57. The summed E-state index contributed by atoms with van der Waals surface area (Å²) in [4.78, 5) is 14.0. The van der Waals surface area contributed by atoms with E-state index in [0.29, 0.717) is 17.5 Å². The molecule has 2 N–H and O–H groups in total. The number of thioether (sulfide) groups is 1. The molecular formula is C17H19N5O2S2. The van der Waals surface area contributed by atoms with E-state index in [0.717, 1.165) is 16.9 Å². The summed E-state index contributed by atoms with van der Waals surface area (Å²) in [5.74, 6) is 7.64. The largest absolute Gasteiger partial charge is 0.497 e. The number of ether oxygens (including phenoxy) is 1. The molecule has 0 bridgehead atoms. The Morgan fingerprint density at radius 2 is 2.08 bits per heavy atom. The molecule has 9 heteroatoms. The highest BCUT2D eigenvalue weighted by Crippen LogP contribution is 2.23. The van der Waals surface area contributed by atoms with E-state index < -0.39 is 0 Å². The highest BCUT2D eigenvalue weighted by molar-refractivity contribution is 7.99. The molecule has 2 aromatic heterocycles. The molecule has 0 saturated heterocycles. The Kier molecular flexibility index (Phi) is 5.79. The van der Waals surface area contributed by atoms with Gasteiger partial charge in [-0.15, -0.1) is 10.2 Å². The summed E-state index contributed by atoms with van der Waals surface area (Å²) in [7, 11) is 3.40. The van der Waals surface area contributed by atoms with Crippen LogP contribution in [-0.4, -0.2) is 45.6 Å². The van der Waals surface area contributed by atoms with Crippen LogP contribution in [-0.2, 0) is 11.3 Å². The number of carbonyl (C=O) groups excluding carboxylic acids is 1. The normalized spacial score (nSPS) is 10.7. The van der Waals surface area contributed by atoms with Crippen LogP contribution in [0.25, 0.3) is 11.4 Å². The number of hydrogen-bond donors (Lipinski definition) is 1. The molecular weight excluding hydrogens is 370 g/mol. The maximum Gasteiger partial charge on any atom is 0.233 e. The minimum Gasteiger partial charge on any atom is -0.497 e. The van der Waals surface area contributed by atoms with Gasteiger partial charge >= 0.3 is 0 Å². The van der Waals surface area contributed by atoms with Gasteiger partial charge in [-0.1, -0.05) is 11.8 Å². The van der Waals surface area contributed by atoms with Gasteiger partial charge in [-0.3, -0.25) is 4.79 Å². The second-order valence-corrected chi connectivity index (χ2v) is 7.30. The standard InChI is InChI=1S/C17H19N5O2S2/c1-21(9-12-7-8-25-10-12)15(23)11-26-17-20-19-16(22(17)18)13-3-5-14(24-2)6-4-13/h3-8,10H,9,11,18H2,1-2H3. The number of thiophene rings is 1. The fourth-order valence-electron chi connectivity index (χ4n) is 2.29. The topological polar surface area (TPSA) is 86.3 Å². The summed E-state index contributed by atoms with van der Waals surface area (Å²) < 4.78 is 6.55. The van der Waals surface area contributed by atoms with Crippen LogP contribution in [0, 0.1) is 0 Å². The summed E-state index contributed by atoms with van der Waals surface area (Å²) in [5, 5.41) is 12.8. The Morgan fingerprint density at radius 3 is 2.73 bits per heavy atom. The fourth-order valence-corrected chi connectivity index (χ4v) is 3.75. The molecule has 1 aromatic carbocycles. The van der Waals surface area contributed by atoms with Crippen LogP contribution in [0.15, 0.2) is 46.2 Å². The number of benzene rings is 1. The monoisotopic (exact) mass is 389 g/mol. The van der Waals surface area contributed by atoms with E-state index in [1.54, 1.807) is 30.4 Å². The van der Waals surface area contributed by atoms with Gasteiger partial charge in [0.05, 0.1) is 12.9 Å². The molecule has 136 valence electrons. The first kappa shape index (κ1) is 18.3. The minimum absolute atomic E-state index is 0.00944. The molecule has 3 aromatic rings. The summed E-state index contributed by atoms with van der Waals surface area (Å²) in [6.45, 7) is 0.593. The predicted molar refractivity (Wildman–Crippen MR) is 104 cm³/mol. The second kappa shape index (κ2) is 8.24. The molecule has 0 unspecified atom stereocenters. The zero-order chi connectivity index (χ0) is 18.5. The Morgan fingerprint density at radius 1 is 1.31 bits per heavy atom. The van der Waals surface area contributed by atoms with Gasteiger partial charge in [-0.25, -0.2) is 4.68 Å². The lowest BCUT2D eigenvalue weighted by atomic mass is 10.2. The zero-order valence-electron chi connectivity index (χ0n) is 14.5. The van der Waals surface area contributed by atoms with E-state index in [1.807, 2.05) is 41.1 Å². The number of methoxy groups -OCH3 is 1. The van der Waals surface area contributed by atoms with Crippen molar-refractivity contribution in [2.45, 2.75) is 11.7 Å². The van der Waals surface area contributed by atoms with Crippen molar-refractivity contribution in [3.63, 3.8) is 0 Å². The molecule has 0 aliphatic carbocycles. The first-order chi connectivity index (χ1) is 12.6. The van der Waals surface area contributed by atoms with Gasteiger partial charge in [0, 0.05) is 19.2 Å². The third kappa shape index (κ3) is 4.17. The first-order valence-corrected chi connectivity index (χ1v) is 9.74. The van der Waals surface area contributed by atoms with Crippen molar-refractivity contribution >= 4 is 29.0 Å². The summed E-state index contributed by atoms with van der Waals surface area (Å²) in [6, 6.07) is 9.40. The smallest absolute Gasteiger partial charge is 0.233 e. The number of nitrogen functional groups attached to an aromatic ring is 1. The Bertz CT molecular complexity index is 862. The molecule has 0 atom stereocenters. The Labute approximate surface area is 159 Å². The molecule has 26 heavy (non-hydrogen) atoms. The van der Waals surface area contributed by atoms with Gasteiger partial charge in [-0.05, 0) is 46.7 Å². The molecule has 0 spiro atoms. The predicted octanol–water partition coefficient (Wildman–Crippen LogP) is 2.48. The van der Waals surface area contributed by atoms with Crippen molar-refractivity contribution in [1.82, 2.24) is 19.8 Å². The van der Waals surface area contributed by atoms with Crippen molar-refractivity contribution in [2.75, 3.05) is 25.8 Å². The fraction of sp³-hybridized carbons (Fsp3) is 0.235. The maximum absolute atomic E-state index is 12.3. The lowest BCUT2D eigenvalue weighted by Crippen LogP contribution is -2.27. The van der Waals surface area contributed by atoms with E-state index in [2.05, 4.69) is 10.2 Å². The van der Waals surface area contributed by atoms with Gasteiger partial charge in [0.15, 0.2) is 5.82 Å². The SMILES string of the molecule is COc1ccc(-c2nnc(SCC(=O)N(C)Cc3ccsc3)n2N)cc1. The molecule has 1 amide bonds. The van der Waals surface area contributed by atoms with E-state index >= 15 is 0 Å². The number of carbonyl (C=O) groups is 1. The van der Waals surface area contributed by atoms with E-state index in [9.17, 15) is 4.79 Å². The molecule has 0 radical (unpaired) electrons. The summed E-state index contributed by atoms with van der Waals surface area (Å²) >= 11 is 2.89. The molecule has 7 nitrogen and oxygen atoms in total. The molecule has 0 aliphatic rings. The highest BCUT2D eigenvalue weighted by atomic mass is 32.2. The first-order valence-electron chi connectivity index (χ1n) is 7.81. The summed E-state index contributed by atoms with van der Waals surface area (Å²) in [6.07, 6.45) is 0. The van der Waals surface area contributed by atoms with Crippen LogP contribution in [0.3, 0.4) is 0 Å². The van der Waals surface area contributed by atoms with Crippen LogP contribution in [0.1, 0.15) is 5.56 Å². The van der Waals surface area contributed by atoms with Crippen LogP contribution in [0.4, 0.5) is 0 Å². The number of nitrogens with two attached hydrogens (primary N) is 1. The molecule has 0 aliphatic heterocycles. The molecule has 0 saturated carbocycles. The molecule has 0 fully saturated rings. The lowest BCUT2D eigenvalue weighted by Gasteiger charge is -2.15. The van der Waals surface area contributed by atoms with Crippen LogP contribution in [0.5, 0.6) is 5.75 Å². The molecule has 2 heterocycles. The number of aromatic nitrogens is 3. The van der Waals surface area contributed by atoms with Crippen LogP contribution in [0.2, 0.25) is 0 Å². The Balaban J connectivity index is 1.61. The van der Waals surface area contributed by atoms with Crippen molar-refractivity contribution in [2.24, 2.45) is 0 Å². The van der Waals surface area contributed by atoms with E-state index in [-0.39, 0.29) is 11.7 Å². The van der Waals surface area contributed by atoms with Gasteiger partial charge < -0.3 is 15.5 Å². The van der Waals surface area contributed by atoms with Crippen LogP contribution < -0.4 is 10.6 Å². The zero-order valence-corrected chi connectivity index (χ0v) is 16.1. The van der Waals surface area contributed by atoms with Gasteiger partial charge in [0.1, 0.15) is 5.75 Å². The third-order valence-corrected chi connectivity index (χ3v) is 5.42. The maximum atomic E-state index is 12.3. The summed E-state index contributed by atoms with van der Waals surface area (Å²) in [5.41, 5.74) is 1.95. The van der Waals surface area contributed by atoms with Gasteiger partial charge in [-0.2, -0.15) is 11.3 Å². The Hall–Kier alpha value is -2.52. The van der Waals surface area contributed by atoms with Gasteiger partial charge in [0.2, 0.25) is 11.1 Å². The van der Waals surface area contributed by atoms with Crippen molar-refractivity contribution in [3.8, 4) is 17.1 Å². The number of hydrogen-bond acceptors (Lipinski definition) is 7. The highest BCUT2D eigenvalue weighted by Gasteiger charge is 2.16. The number of nitrogens with zero attached hydrogens (tertiary/aromatic N) is 4. The quantitative estimate of drug-likeness (QED) is 0.493. The average Bonchev–Trinajstić information content (AvgIpc) is 3.29. The number of amides is 1. The van der Waals surface area contributed by atoms with Crippen molar-refractivity contribution in [3.05, 3.63) is 46.7 Å².